The Labute approximate surface area is 192 Å². The van der Waals surface area contributed by atoms with Gasteiger partial charge in [-0.2, -0.15) is 0 Å². The summed E-state index contributed by atoms with van der Waals surface area (Å²) in [6.45, 7) is -0.280. The van der Waals surface area contributed by atoms with Crippen molar-refractivity contribution >= 4 is 51.8 Å². The molecule has 9 heteroatoms. The van der Waals surface area contributed by atoms with E-state index in [9.17, 15) is 14.4 Å². The Morgan fingerprint density at radius 3 is 2.13 bits per heavy atom. The number of hydrogen-bond donors (Lipinski definition) is 4. The molecule has 3 aromatic carbocycles. The van der Waals surface area contributed by atoms with Crippen molar-refractivity contribution in [1.82, 2.24) is 10.9 Å². The number of hydrazine groups is 1. The molecule has 0 aromatic heterocycles. The Kier molecular flexibility index (Phi) is 7.82. The standard InChI is InChI=1S/C22H19IN4O4/c23-15-10-12-17(13-11-15)24-20(28)14-31-19-9-5-4-8-18(19)21(29)26-27-22(30)25-16-6-2-1-3-7-16/h1-13H,14H2,(H,24,28)(H,26,29)(H2,25,27,30). The molecule has 0 aliphatic heterocycles. The van der Waals surface area contributed by atoms with Gasteiger partial charge in [-0.05, 0) is 71.1 Å². The summed E-state index contributed by atoms with van der Waals surface area (Å²) in [4.78, 5) is 36.5. The van der Waals surface area contributed by atoms with Crippen molar-refractivity contribution in [1.29, 1.82) is 0 Å². The van der Waals surface area contributed by atoms with Crippen LogP contribution in [0, 0.1) is 3.57 Å². The van der Waals surface area contributed by atoms with Crippen LogP contribution in [0.15, 0.2) is 78.9 Å². The van der Waals surface area contributed by atoms with Crippen molar-refractivity contribution in [2.24, 2.45) is 0 Å². The molecular weight excluding hydrogens is 511 g/mol. The molecule has 0 atom stereocenters. The third kappa shape index (κ3) is 7.00. The molecule has 0 spiro atoms. The van der Waals surface area contributed by atoms with Gasteiger partial charge in [-0.25, -0.2) is 10.2 Å². The van der Waals surface area contributed by atoms with Gasteiger partial charge in [0.05, 0.1) is 5.56 Å². The molecule has 0 saturated heterocycles. The molecule has 0 radical (unpaired) electrons. The molecule has 4 N–H and O–H groups in total. The molecule has 31 heavy (non-hydrogen) atoms. The van der Waals surface area contributed by atoms with E-state index in [2.05, 4.69) is 44.1 Å². The largest absolute Gasteiger partial charge is 0.483 e. The van der Waals surface area contributed by atoms with Crippen molar-refractivity contribution < 1.29 is 19.1 Å². The first-order chi connectivity index (χ1) is 15.0. The predicted octanol–water partition coefficient (Wildman–Crippen LogP) is 3.78. The predicted molar refractivity (Wildman–Crippen MR) is 126 cm³/mol. The van der Waals surface area contributed by atoms with Crippen LogP contribution in [0.4, 0.5) is 16.2 Å². The first-order valence-corrected chi connectivity index (χ1v) is 10.3. The van der Waals surface area contributed by atoms with Crippen LogP contribution >= 0.6 is 22.6 Å². The summed E-state index contributed by atoms with van der Waals surface area (Å²) in [7, 11) is 0. The lowest BCUT2D eigenvalue weighted by molar-refractivity contribution is -0.118. The van der Waals surface area contributed by atoms with Gasteiger partial charge >= 0.3 is 6.03 Å². The molecule has 0 aliphatic rings. The monoisotopic (exact) mass is 530 g/mol. The van der Waals surface area contributed by atoms with Gasteiger partial charge in [-0.3, -0.25) is 15.0 Å². The van der Waals surface area contributed by atoms with E-state index in [4.69, 9.17) is 4.74 Å². The summed E-state index contributed by atoms with van der Waals surface area (Å²) < 4.78 is 6.57. The van der Waals surface area contributed by atoms with Crippen LogP contribution in [-0.2, 0) is 4.79 Å². The van der Waals surface area contributed by atoms with Crippen LogP contribution in [0.1, 0.15) is 10.4 Å². The first-order valence-electron chi connectivity index (χ1n) is 9.21. The van der Waals surface area contributed by atoms with E-state index in [1.54, 1.807) is 54.6 Å². The SMILES string of the molecule is O=C(COc1ccccc1C(=O)NNC(=O)Nc1ccccc1)Nc1ccc(I)cc1. The summed E-state index contributed by atoms with van der Waals surface area (Å²) in [6, 6.07) is 21.9. The first kappa shape index (κ1) is 22.1. The van der Waals surface area contributed by atoms with E-state index in [0.717, 1.165) is 3.57 Å². The number of amides is 4. The van der Waals surface area contributed by atoms with Crippen molar-refractivity contribution in [2.45, 2.75) is 0 Å². The lowest BCUT2D eigenvalue weighted by atomic mass is 10.2. The number of rotatable bonds is 6. The van der Waals surface area contributed by atoms with Gasteiger partial charge in [0.1, 0.15) is 5.75 Å². The molecular formula is C22H19IN4O4. The fourth-order valence-corrected chi connectivity index (χ4v) is 2.88. The minimum atomic E-state index is -0.602. The molecule has 0 saturated carbocycles. The number of hydrogen-bond acceptors (Lipinski definition) is 4. The van der Waals surface area contributed by atoms with Gasteiger partial charge in [-0.15, -0.1) is 0 Å². The van der Waals surface area contributed by atoms with E-state index in [1.807, 2.05) is 18.2 Å². The maximum Gasteiger partial charge on any atom is 0.337 e. The summed E-state index contributed by atoms with van der Waals surface area (Å²) in [6.07, 6.45) is 0. The highest BCUT2D eigenvalue weighted by molar-refractivity contribution is 14.1. The molecule has 3 rings (SSSR count). The third-order valence-corrected chi connectivity index (χ3v) is 4.66. The number of anilines is 2. The van der Waals surface area contributed by atoms with Gasteiger partial charge < -0.3 is 15.4 Å². The Morgan fingerprint density at radius 2 is 1.39 bits per heavy atom. The number of halogens is 1. The fourth-order valence-electron chi connectivity index (χ4n) is 2.52. The topological polar surface area (TPSA) is 109 Å². The molecule has 0 bridgehead atoms. The number of urea groups is 1. The highest BCUT2D eigenvalue weighted by atomic mass is 127. The van der Waals surface area contributed by atoms with Crippen molar-refractivity contribution in [3.05, 3.63) is 88.0 Å². The number of para-hydroxylation sites is 2. The number of benzene rings is 3. The second kappa shape index (κ2) is 11.0. The summed E-state index contributed by atoms with van der Waals surface area (Å²) in [5.74, 6) is -0.739. The molecule has 0 heterocycles. The Morgan fingerprint density at radius 1 is 0.742 bits per heavy atom. The number of nitrogens with one attached hydrogen (secondary N) is 4. The number of carbonyl (C=O) groups excluding carboxylic acids is 3. The number of carbonyl (C=O) groups is 3. The molecule has 0 aliphatic carbocycles. The Balaban J connectivity index is 1.52. The summed E-state index contributed by atoms with van der Waals surface area (Å²) in [5.41, 5.74) is 5.98. The van der Waals surface area contributed by atoms with Gasteiger partial charge in [-0.1, -0.05) is 30.3 Å². The van der Waals surface area contributed by atoms with Crippen LogP contribution in [-0.4, -0.2) is 24.5 Å². The fraction of sp³-hybridized carbons (Fsp3) is 0.0455. The van der Waals surface area contributed by atoms with E-state index in [1.165, 1.54) is 6.07 Å². The molecule has 3 aromatic rings. The third-order valence-electron chi connectivity index (χ3n) is 3.94. The maximum absolute atomic E-state index is 12.5. The normalized spacial score (nSPS) is 9.97. The van der Waals surface area contributed by atoms with Gasteiger partial charge in [0.25, 0.3) is 11.8 Å². The molecule has 8 nitrogen and oxygen atoms in total. The smallest absolute Gasteiger partial charge is 0.337 e. The maximum atomic E-state index is 12.5. The van der Waals surface area contributed by atoms with Crippen molar-refractivity contribution in [3.8, 4) is 5.75 Å². The zero-order chi connectivity index (χ0) is 22.1. The van der Waals surface area contributed by atoms with Crippen molar-refractivity contribution in [3.63, 3.8) is 0 Å². The second-order valence-corrected chi connectivity index (χ2v) is 7.48. The van der Waals surface area contributed by atoms with Gasteiger partial charge in [0, 0.05) is 14.9 Å². The van der Waals surface area contributed by atoms with E-state index in [0.29, 0.717) is 11.4 Å². The van der Waals surface area contributed by atoms with Crippen LogP contribution in [0.3, 0.4) is 0 Å². The van der Waals surface area contributed by atoms with E-state index < -0.39 is 11.9 Å². The lowest BCUT2D eigenvalue weighted by Crippen LogP contribution is -2.44. The second-order valence-electron chi connectivity index (χ2n) is 6.24. The molecule has 0 unspecified atom stereocenters. The average molecular weight is 530 g/mol. The van der Waals surface area contributed by atoms with Crippen LogP contribution in [0.2, 0.25) is 0 Å². The van der Waals surface area contributed by atoms with Gasteiger partial charge in [0.15, 0.2) is 6.61 Å². The minimum Gasteiger partial charge on any atom is -0.483 e. The summed E-state index contributed by atoms with van der Waals surface area (Å²) in [5, 5.41) is 5.30. The van der Waals surface area contributed by atoms with E-state index in [-0.39, 0.29) is 23.8 Å². The van der Waals surface area contributed by atoms with Crippen LogP contribution < -0.4 is 26.2 Å². The van der Waals surface area contributed by atoms with Crippen LogP contribution in [0.5, 0.6) is 5.75 Å². The van der Waals surface area contributed by atoms with E-state index >= 15 is 0 Å². The molecule has 4 amide bonds. The Bertz CT molecular complexity index is 1060. The quantitative estimate of drug-likeness (QED) is 0.288. The lowest BCUT2D eigenvalue weighted by Gasteiger charge is -2.13. The van der Waals surface area contributed by atoms with Crippen LogP contribution in [0.25, 0.3) is 0 Å². The zero-order valence-corrected chi connectivity index (χ0v) is 18.4. The highest BCUT2D eigenvalue weighted by Gasteiger charge is 2.14. The summed E-state index contributed by atoms with van der Waals surface area (Å²) >= 11 is 2.17. The zero-order valence-electron chi connectivity index (χ0n) is 16.2. The molecule has 0 fully saturated rings. The van der Waals surface area contributed by atoms with Gasteiger partial charge in [0.2, 0.25) is 0 Å². The Hall–Kier alpha value is -3.60. The number of ether oxygens (including phenoxy) is 1. The highest BCUT2D eigenvalue weighted by Crippen LogP contribution is 2.18. The molecule has 158 valence electrons. The van der Waals surface area contributed by atoms with Crippen molar-refractivity contribution in [2.75, 3.05) is 17.2 Å². The average Bonchev–Trinajstić information content (AvgIpc) is 2.78. The minimum absolute atomic E-state index is 0.171.